The van der Waals surface area contributed by atoms with Gasteiger partial charge in [0.05, 0.1) is 6.54 Å². The minimum Gasteiger partial charge on any atom is -0.339 e. The summed E-state index contributed by atoms with van der Waals surface area (Å²) in [5.41, 5.74) is -1.47. The molecule has 1 N–H and O–H groups in total. The van der Waals surface area contributed by atoms with Crippen molar-refractivity contribution in [2.45, 2.75) is 19.0 Å². The minimum atomic E-state index is -1.57. The molecule has 1 aromatic carbocycles. The molecule has 1 aliphatic rings. The van der Waals surface area contributed by atoms with Gasteiger partial charge < -0.3 is 10.2 Å². The molecule has 0 bridgehead atoms. The molecule has 6 nitrogen and oxygen atoms in total. The third-order valence-corrected chi connectivity index (χ3v) is 5.33. The fraction of sp³-hybridized carbons (Fsp3) is 0.278. The number of rotatable bonds is 5. The molecule has 2 aromatic rings. The third kappa shape index (κ3) is 3.55. The Kier molecular flexibility index (Phi) is 4.97. The molecule has 1 atom stereocenters. The van der Waals surface area contributed by atoms with E-state index < -0.39 is 41.6 Å². The molecule has 1 unspecified atom stereocenters. The lowest BCUT2D eigenvalue weighted by molar-refractivity contribution is -0.138. The largest absolute Gasteiger partial charge is 0.339 e. The lowest BCUT2D eigenvalue weighted by Gasteiger charge is -2.23. The van der Waals surface area contributed by atoms with E-state index in [1.54, 1.807) is 7.05 Å². The number of halogens is 2. The number of thiophene rings is 1. The van der Waals surface area contributed by atoms with Gasteiger partial charge in [-0.05, 0) is 36.1 Å². The number of nitrogens with zero attached hydrogens (tertiary/aromatic N) is 2. The van der Waals surface area contributed by atoms with Crippen LogP contribution in [-0.2, 0) is 21.7 Å². The van der Waals surface area contributed by atoms with Gasteiger partial charge in [-0.25, -0.2) is 13.6 Å². The first-order valence-electron chi connectivity index (χ1n) is 8.08. The van der Waals surface area contributed by atoms with Crippen LogP contribution in [-0.4, -0.2) is 41.2 Å². The quantitative estimate of drug-likeness (QED) is 0.794. The average molecular weight is 393 g/mol. The molecule has 4 amide bonds. The van der Waals surface area contributed by atoms with Crippen LogP contribution >= 0.6 is 11.3 Å². The highest BCUT2D eigenvalue weighted by molar-refractivity contribution is 7.09. The van der Waals surface area contributed by atoms with Crippen LogP contribution in [0.5, 0.6) is 0 Å². The van der Waals surface area contributed by atoms with Crippen molar-refractivity contribution >= 4 is 29.2 Å². The predicted molar refractivity (Wildman–Crippen MR) is 94.7 cm³/mol. The van der Waals surface area contributed by atoms with Gasteiger partial charge in [0.25, 0.3) is 5.91 Å². The van der Waals surface area contributed by atoms with Gasteiger partial charge in [-0.2, -0.15) is 0 Å². The van der Waals surface area contributed by atoms with Crippen LogP contribution in [0.15, 0.2) is 35.7 Å². The van der Waals surface area contributed by atoms with Crippen molar-refractivity contribution in [3.05, 3.63) is 57.8 Å². The smallest absolute Gasteiger partial charge is 0.325 e. The number of amides is 4. The number of hydrogen-bond donors (Lipinski definition) is 1. The van der Waals surface area contributed by atoms with Gasteiger partial charge in [0.2, 0.25) is 5.91 Å². The van der Waals surface area contributed by atoms with Crippen molar-refractivity contribution in [1.82, 2.24) is 15.1 Å². The van der Waals surface area contributed by atoms with Crippen LogP contribution in [0.25, 0.3) is 0 Å². The molecule has 2 heterocycles. The van der Waals surface area contributed by atoms with E-state index in [9.17, 15) is 23.2 Å². The van der Waals surface area contributed by atoms with Crippen molar-refractivity contribution in [3.63, 3.8) is 0 Å². The lowest BCUT2D eigenvalue weighted by atomic mass is 9.92. The summed E-state index contributed by atoms with van der Waals surface area (Å²) in [6.07, 6.45) is 0. The zero-order valence-electron chi connectivity index (χ0n) is 14.7. The van der Waals surface area contributed by atoms with Crippen LogP contribution < -0.4 is 5.32 Å². The second-order valence-electron chi connectivity index (χ2n) is 6.40. The molecule has 1 aliphatic heterocycles. The summed E-state index contributed by atoms with van der Waals surface area (Å²) in [5, 5.41) is 4.35. The monoisotopic (exact) mass is 393 g/mol. The summed E-state index contributed by atoms with van der Waals surface area (Å²) in [6.45, 7) is 1.31. The maximum atomic E-state index is 13.5. The zero-order chi connectivity index (χ0) is 19.8. The Morgan fingerprint density at radius 3 is 2.63 bits per heavy atom. The van der Waals surface area contributed by atoms with Crippen molar-refractivity contribution in [1.29, 1.82) is 0 Å². The van der Waals surface area contributed by atoms with E-state index in [4.69, 9.17) is 0 Å². The second kappa shape index (κ2) is 7.07. The average Bonchev–Trinajstić information content (AvgIpc) is 3.20. The fourth-order valence-corrected chi connectivity index (χ4v) is 3.58. The summed E-state index contributed by atoms with van der Waals surface area (Å²) in [5.74, 6) is -3.29. The molecule has 0 saturated carbocycles. The molecular formula is C18H17F2N3O3S. The van der Waals surface area contributed by atoms with Crippen LogP contribution in [0.1, 0.15) is 17.4 Å². The Hall–Kier alpha value is -2.81. The summed E-state index contributed by atoms with van der Waals surface area (Å²) < 4.78 is 26.7. The van der Waals surface area contributed by atoms with E-state index in [1.165, 1.54) is 29.2 Å². The summed E-state index contributed by atoms with van der Waals surface area (Å²) >= 11 is 1.49. The number of carbonyl (C=O) groups is 3. The van der Waals surface area contributed by atoms with Crippen molar-refractivity contribution < 1.29 is 23.2 Å². The second-order valence-corrected chi connectivity index (χ2v) is 7.44. The van der Waals surface area contributed by atoms with Crippen molar-refractivity contribution in [2.75, 3.05) is 13.6 Å². The van der Waals surface area contributed by atoms with E-state index in [0.29, 0.717) is 6.54 Å². The van der Waals surface area contributed by atoms with E-state index in [2.05, 4.69) is 5.32 Å². The SMILES string of the molecule is CN(Cc1cccs1)C(=O)CN1C(=O)NC(C)(c2ccc(F)c(F)c2)C1=O. The van der Waals surface area contributed by atoms with Crippen LogP contribution in [0, 0.1) is 11.6 Å². The van der Waals surface area contributed by atoms with Gasteiger partial charge in [-0.15, -0.1) is 11.3 Å². The fourth-order valence-electron chi connectivity index (χ4n) is 2.82. The Balaban J connectivity index is 1.75. The molecule has 1 fully saturated rings. The van der Waals surface area contributed by atoms with E-state index in [1.807, 2.05) is 17.5 Å². The zero-order valence-corrected chi connectivity index (χ0v) is 15.5. The van der Waals surface area contributed by atoms with E-state index in [0.717, 1.165) is 21.9 Å². The number of likely N-dealkylation sites (N-methyl/N-ethyl adjacent to an activating group) is 1. The Morgan fingerprint density at radius 1 is 1.26 bits per heavy atom. The highest BCUT2D eigenvalue weighted by Gasteiger charge is 2.49. The minimum absolute atomic E-state index is 0.0987. The topological polar surface area (TPSA) is 69.7 Å². The van der Waals surface area contributed by atoms with Gasteiger partial charge in [-0.3, -0.25) is 14.5 Å². The molecule has 0 spiro atoms. The number of carbonyl (C=O) groups excluding carboxylic acids is 3. The molecule has 0 aliphatic carbocycles. The molecule has 3 rings (SSSR count). The van der Waals surface area contributed by atoms with Gasteiger partial charge in [0, 0.05) is 11.9 Å². The maximum Gasteiger partial charge on any atom is 0.325 e. The van der Waals surface area contributed by atoms with Gasteiger partial charge in [-0.1, -0.05) is 12.1 Å². The van der Waals surface area contributed by atoms with E-state index in [-0.39, 0.29) is 5.56 Å². The molecular weight excluding hydrogens is 376 g/mol. The predicted octanol–water partition coefficient (Wildman–Crippen LogP) is 2.45. The Bertz CT molecular complexity index is 903. The summed E-state index contributed by atoms with van der Waals surface area (Å²) in [6, 6.07) is 5.96. The number of hydrogen-bond acceptors (Lipinski definition) is 4. The van der Waals surface area contributed by atoms with E-state index >= 15 is 0 Å². The summed E-state index contributed by atoms with van der Waals surface area (Å²) in [4.78, 5) is 40.6. The molecule has 142 valence electrons. The third-order valence-electron chi connectivity index (χ3n) is 4.46. The van der Waals surface area contributed by atoms with Gasteiger partial charge in [0.1, 0.15) is 12.1 Å². The summed E-state index contributed by atoms with van der Waals surface area (Å²) in [7, 11) is 1.58. The maximum absolute atomic E-state index is 13.5. The van der Waals surface area contributed by atoms with Crippen LogP contribution in [0.4, 0.5) is 13.6 Å². The van der Waals surface area contributed by atoms with Gasteiger partial charge >= 0.3 is 6.03 Å². The molecule has 1 saturated heterocycles. The van der Waals surface area contributed by atoms with Crippen LogP contribution in [0.2, 0.25) is 0 Å². The number of urea groups is 1. The number of benzene rings is 1. The first kappa shape index (κ1) is 19.0. The molecule has 27 heavy (non-hydrogen) atoms. The first-order valence-corrected chi connectivity index (χ1v) is 8.96. The van der Waals surface area contributed by atoms with Gasteiger partial charge in [0.15, 0.2) is 11.6 Å². The van der Waals surface area contributed by atoms with Crippen molar-refractivity contribution in [2.24, 2.45) is 0 Å². The first-order chi connectivity index (χ1) is 12.7. The van der Waals surface area contributed by atoms with Crippen molar-refractivity contribution in [3.8, 4) is 0 Å². The Labute approximate surface area is 158 Å². The molecule has 9 heteroatoms. The molecule has 1 aromatic heterocycles. The normalized spacial score (nSPS) is 19.3. The lowest BCUT2D eigenvalue weighted by Crippen LogP contribution is -2.43. The van der Waals surface area contributed by atoms with Crippen LogP contribution in [0.3, 0.4) is 0 Å². The number of imide groups is 1. The molecule has 0 radical (unpaired) electrons. The standard InChI is InChI=1S/C18H17F2N3O3S/c1-18(11-5-6-13(19)14(20)8-11)16(25)23(17(26)21-18)10-15(24)22(2)9-12-4-3-7-27-12/h3-8H,9-10H2,1-2H3,(H,21,26). The number of nitrogens with one attached hydrogen (secondary N) is 1. The highest BCUT2D eigenvalue weighted by Crippen LogP contribution is 2.29. The highest BCUT2D eigenvalue weighted by atomic mass is 32.1. The Morgan fingerprint density at radius 2 is 2.00 bits per heavy atom.